The molecule has 0 amide bonds. The SMILES string of the molecule is COc1ccccc1CN1Cc2ccccc2NC1=NC1CCN(Cc2ccccc2)CC1.O=C(O)/C=C/C(=O)O. The molecule has 0 aromatic heterocycles. The van der Waals surface area contributed by atoms with Gasteiger partial charge in [0.15, 0.2) is 5.96 Å². The van der Waals surface area contributed by atoms with Crippen LogP contribution >= 0.6 is 0 Å². The van der Waals surface area contributed by atoms with Gasteiger partial charge in [0.2, 0.25) is 0 Å². The summed E-state index contributed by atoms with van der Waals surface area (Å²) >= 11 is 0. The summed E-state index contributed by atoms with van der Waals surface area (Å²) in [6, 6.07) is 27.9. The monoisotopic (exact) mass is 556 g/mol. The highest BCUT2D eigenvalue weighted by molar-refractivity contribution is 5.96. The Bertz CT molecular complexity index is 1350. The molecule has 0 saturated carbocycles. The van der Waals surface area contributed by atoms with E-state index in [4.69, 9.17) is 19.9 Å². The van der Waals surface area contributed by atoms with E-state index in [1.807, 2.05) is 12.1 Å². The summed E-state index contributed by atoms with van der Waals surface area (Å²) in [4.78, 5) is 29.2. The Morgan fingerprint density at radius 1 is 0.902 bits per heavy atom. The van der Waals surface area contributed by atoms with E-state index >= 15 is 0 Å². The molecule has 2 aliphatic rings. The number of carbonyl (C=O) groups is 2. The maximum atomic E-state index is 9.55. The lowest BCUT2D eigenvalue weighted by atomic mass is 10.0. The molecule has 2 heterocycles. The average Bonchev–Trinajstić information content (AvgIpc) is 2.98. The van der Waals surface area contributed by atoms with Gasteiger partial charge >= 0.3 is 11.9 Å². The quantitative estimate of drug-likeness (QED) is 0.337. The predicted molar refractivity (Wildman–Crippen MR) is 159 cm³/mol. The molecule has 2 aliphatic heterocycles. The second kappa shape index (κ2) is 14.7. The lowest BCUT2D eigenvalue weighted by Gasteiger charge is -2.35. The first-order chi connectivity index (χ1) is 19.9. The Labute approximate surface area is 240 Å². The molecule has 41 heavy (non-hydrogen) atoms. The first kappa shape index (κ1) is 29.4. The normalized spacial score (nSPS) is 16.4. The van der Waals surface area contributed by atoms with Crippen molar-refractivity contribution in [2.24, 2.45) is 4.99 Å². The van der Waals surface area contributed by atoms with Crippen LogP contribution in [0.4, 0.5) is 5.69 Å². The number of methoxy groups -OCH3 is 1. The zero-order chi connectivity index (χ0) is 29.0. The van der Waals surface area contributed by atoms with Crippen LogP contribution in [0.1, 0.15) is 29.5 Å². The number of para-hydroxylation sites is 2. The first-order valence-electron chi connectivity index (χ1n) is 13.6. The van der Waals surface area contributed by atoms with E-state index in [-0.39, 0.29) is 0 Å². The van der Waals surface area contributed by atoms with E-state index in [1.54, 1.807) is 7.11 Å². The van der Waals surface area contributed by atoms with E-state index in [1.165, 1.54) is 16.7 Å². The molecule has 9 nitrogen and oxygen atoms in total. The molecule has 5 rings (SSSR count). The van der Waals surface area contributed by atoms with Crippen molar-refractivity contribution >= 4 is 23.6 Å². The van der Waals surface area contributed by atoms with Crippen LogP contribution in [0.25, 0.3) is 0 Å². The molecule has 0 bridgehead atoms. The summed E-state index contributed by atoms with van der Waals surface area (Å²) in [6.07, 6.45) is 3.29. The van der Waals surface area contributed by atoms with Gasteiger partial charge in [0.25, 0.3) is 0 Å². The van der Waals surface area contributed by atoms with Crippen LogP contribution in [0.2, 0.25) is 0 Å². The van der Waals surface area contributed by atoms with Gasteiger partial charge in [-0.2, -0.15) is 0 Å². The van der Waals surface area contributed by atoms with E-state index < -0.39 is 11.9 Å². The molecule has 3 aromatic carbocycles. The van der Waals surface area contributed by atoms with Crippen LogP contribution in [-0.2, 0) is 29.2 Å². The van der Waals surface area contributed by atoms with Gasteiger partial charge in [0, 0.05) is 56.1 Å². The molecule has 214 valence electrons. The van der Waals surface area contributed by atoms with E-state index in [2.05, 4.69) is 81.8 Å². The minimum atomic E-state index is -1.26. The Kier molecular flexibility index (Phi) is 10.5. The number of carboxylic acid groups (broad SMARTS) is 2. The van der Waals surface area contributed by atoms with Crippen LogP contribution in [0.3, 0.4) is 0 Å². The third-order valence-corrected chi connectivity index (χ3v) is 6.96. The molecular formula is C32H36N4O5. The minimum Gasteiger partial charge on any atom is -0.496 e. The van der Waals surface area contributed by atoms with Crippen molar-refractivity contribution in [3.05, 3.63) is 108 Å². The van der Waals surface area contributed by atoms with Gasteiger partial charge in [-0.1, -0.05) is 66.7 Å². The van der Waals surface area contributed by atoms with E-state index in [9.17, 15) is 9.59 Å². The summed E-state index contributed by atoms with van der Waals surface area (Å²) in [5, 5.41) is 19.2. The molecule has 9 heteroatoms. The summed E-state index contributed by atoms with van der Waals surface area (Å²) in [5.41, 5.74) is 5.01. The lowest BCUT2D eigenvalue weighted by Crippen LogP contribution is -2.42. The number of hydrogen-bond acceptors (Lipinski definition) is 5. The van der Waals surface area contributed by atoms with Crippen molar-refractivity contribution in [3.8, 4) is 5.75 Å². The molecule has 0 spiro atoms. The number of likely N-dealkylation sites (tertiary alicyclic amines) is 1. The number of guanidine groups is 1. The summed E-state index contributed by atoms with van der Waals surface area (Å²) in [6.45, 7) is 4.79. The largest absolute Gasteiger partial charge is 0.496 e. The number of carboxylic acids is 2. The number of fused-ring (bicyclic) bond motifs is 1. The smallest absolute Gasteiger partial charge is 0.328 e. The molecule has 3 N–H and O–H groups in total. The number of benzene rings is 3. The molecule has 0 unspecified atom stereocenters. The molecule has 1 fully saturated rings. The second-order valence-corrected chi connectivity index (χ2v) is 9.91. The fraction of sp³-hybridized carbons (Fsp3) is 0.281. The van der Waals surface area contributed by atoms with Crippen molar-refractivity contribution in [1.29, 1.82) is 0 Å². The molecule has 3 aromatic rings. The van der Waals surface area contributed by atoms with Crippen molar-refractivity contribution in [2.75, 3.05) is 25.5 Å². The lowest BCUT2D eigenvalue weighted by molar-refractivity contribution is -0.134. The third kappa shape index (κ3) is 8.94. The Hall–Kier alpha value is -4.63. The third-order valence-electron chi connectivity index (χ3n) is 6.96. The van der Waals surface area contributed by atoms with Crippen molar-refractivity contribution < 1.29 is 24.5 Å². The molecular weight excluding hydrogens is 520 g/mol. The van der Waals surface area contributed by atoms with Gasteiger partial charge in [-0.15, -0.1) is 0 Å². The molecule has 1 saturated heterocycles. The van der Waals surface area contributed by atoms with Gasteiger partial charge in [0.1, 0.15) is 5.75 Å². The fourth-order valence-corrected chi connectivity index (χ4v) is 4.91. The number of rotatable bonds is 8. The Morgan fingerprint density at radius 2 is 1.54 bits per heavy atom. The number of aliphatic imine (C=N–C) groups is 1. The second-order valence-electron chi connectivity index (χ2n) is 9.91. The molecule has 0 atom stereocenters. The fourth-order valence-electron chi connectivity index (χ4n) is 4.91. The standard InChI is InChI=1S/C28H32N4O.C4H4O4/c1-33-27-14-8-6-12-24(27)21-32-20-23-11-5-7-13-26(23)30-28(32)29-25-15-17-31(18-16-25)19-22-9-3-2-4-10-22;5-3(6)1-2-4(7)8/h2-14,25H,15-21H2,1H3,(H,29,30);1-2H,(H,5,6)(H,7,8)/b;2-1+. The van der Waals surface area contributed by atoms with Gasteiger partial charge in [-0.05, 0) is 36.1 Å². The number of anilines is 1. The predicted octanol–water partition coefficient (Wildman–Crippen LogP) is 4.86. The maximum absolute atomic E-state index is 9.55. The zero-order valence-electron chi connectivity index (χ0n) is 23.1. The zero-order valence-corrected chi connectivity index (χ0v) is 23.1. The van der Waals surface area contributed by atoms with Crippen LogP contribution in [0.5, 0.6) is 5.75 Å². The molecule has 0 radical (unpaired) electrons. The van der Waals surface area contributed by atoms with Gasteiger partial charge < -0.3 is 25.2 Å². The number of nitrogens with zero attached hydrogens (tertiary/aromatic N) is 3. The highest BCUT2D eigenvalue weighted by Crippen LogP contribution is 2.28. The van der Waals surface area contributed by atoms with Crippen LogP contribution in [-0.4, -0.2) is 64.2 Å². The number of hydrogen-bond donors (Lipinski definition) is 3. The maximum Gasteiger partial charge on any atom is 0.328 e. The van der Waals surface area contributed by atoms with Crippen molar-refractivity contribution in [3.63, 3.8) is 0 Å². The number of piperidine rings is 1. The summed E-state index contributed by atoms with van der Waals surface area (Å²) < 4.78 is 5.61. The van der Waals surface area contributed by atoms with E-state index in [0.29, 0.717) is 18.2 Å². The average molecular weight is 557 g/mol. The summed E-state index contributed by atoms with van der Waals surface area (Å²) in [5.74, 6) is -0.620. The Balaban J connectivity index is 0.000000426. The van der Waals surface area contributed by atoms with Crippen molar-refractivity contribution in [2.45, 2.75) is 38.5 Å². The van der Waals surface area contributed by atoms with Gasteiger partial charge in [-0.25, -0.2) is 14.6 Å². The van der Waals surface area contributed by atoms with Crippen LogP contribution < -0.4 is 10.1 Å². The van der Waals surface area contributed by atoms with E-state index in [0.717, 1.165) is 63.0 Å². The van der Waals surface area contributed by atoms with Gasteiger partial charge in [-0.3, -0.25) is 4.90 Å². The number of ether oxygens (including phenoxy) is 1. The number of nitrogens with one attached hydrogen (secondary N) is 1. The minimum absolute atomic E-state index is 0.338. The highest BCUT2D eigenvalue weighted by Gasteiger charge is 2.25. The number of aliphatic carboxylic acids is 2. The van der Waals surface area contributed by atoms with Crippen LogP contribution in [0.15, 0.2) is 96.0 Å². The van der Waals surface area contributed by atoms with Crippen LogP contribution in [0, 0.1) is 0 Å². The summed E-state index contributed by atoms with van der Waals surface area (Å²) in [7, 11) is 1.74. The highest BCUT2D eigenvalue weighted by atomic mass is 16.5. The van der Waals surface area contributed by atoms with Crippen molar-refractivity contribution in [1.82, 2.24) is 9.80 Å². The Morgan fingerprint density at radius 3 is 2.22 bits per heavy atom. The first-order valence-corrected chi connectivity index (χ1v) is 13.6. The topological polar surface area (TPSA) is 115 Å². The molecule has 0 aliphatic carbocycles. The van der Waals surface area contributed by atoms with Gasteiger partial charge in [0.05, 0.1) is 13.2 Å².